The van der Waals surface area contributed by atoms with Gasteiger partial charge in [-0.2, -0.15) is 0 Å². The molecular formula is C31H32N4O2. The number of anilines is 1. The first-order chi connectivity index (χ1) is 17.8. The van der Waals surface area contributed by atoms with Crippen LogP contribution in [-0.2, 0) is 0 Å². The monoisotopic (exact) mass is 492 g/mol. The summed E-state index contributed by atoms with van der Waals surface area (Å²) in [5.74, 6) is 0.787. The lowest BCUT2D eigenvalue weighted by Crippen LogP contribution is -2.62. The largest absolute Gasteiger partial charge is 0.495 e. The molecule has 1 aromatic heterocycles. The molecule has 0 amide bonds. The van der Waals surface area contributed by atoms with Crippen molar-refractivity contribution in [1.29, 1.82) is 0 Å². The first-order valence-corrected chi connectivity index (χ1v) is 12.6. The Bertz CT molecular complexity index is 1450. The Morgan fingerprint density at radius 2 is 1.68 bits per heavy atom. The van der Waals surface area contributed by atoms with Gasteiger partial charge in [-0.05, 0) is 50.1 Å². The van der Waals surface area contributed by atoms with Crippen molar-refractivity contribution in [3.8, 4) is 28.0 Å². The predicted octanol–water partition coefficient (Wildman–Crippen LogP) is 6.07. The molecule has 2 atom stereocenters. The second-order valence-electron chi connectivity index (χ2n) is 10.3. The van der Waals surface area contributed by atoms with Crippen LogP contribution < -0.4 is 15.0 Å². The van der Waals surface area contributed by atoms with Crippen molar-refractivity contribution in [2.24, 2.45) is 0 Å². The number of nitrogens with one attached hydrogen (secondary N) is 1. The van der Waals surface area contributed by atoms with Crippen LogP contribution in [0.5, 0.6) is 5.75 Å². The van der Waals surface area contributed by atoms with Gasteiger partial charge in [0.25, 0.3) is 0 Å². The maximum absolute atomic E-state index is 10.6. The highest BCUT2D eigenvalue weighted by atomic mass is 16.5. The Labute approximate surface area is 218 Å². The van der Waals surface area contributed by atoms with Gasteiger partial charge in [-0.1, -0.05) is 48.5 Å². The molecular weight excluding hydrogens is 460 g/mol. The Morgan fingerprint density at radius 3 is 2.32 bits per heavy atom. The zero-order valence-electron chi connectivity index (χ0n) is 21.7. The number of benzene rings is 3. The standard InChI is InChI=1S/C31H32N4O2/c1-20-18-35(19-28(34-20)31(2,3)36)24-15-11-22(12-16-24)27-17-33-29-25(7-6-8-26(29)30(27)37-5)21-9-13-23(32-4)14-10-21/h6-17,20,28,34,36H,18-19H2,1-3,5H3. The summed E-state index contributed by atoms with van der Waals surface area (Å²) in [6.07, 6.45) is 1.88. The van der Waals surface area contributed by atoms with Gasteiger partial charge in [0.2, 0.25) is 0 Å². The molecule has 2 unspecified atom stereocenters. The molecule has 0 aliphatic carbocycles. The van der Waals surface area contributed by atoms with Crippen molar-refractivity contribution in [1.82, 2.24) is 10.3 Å². The van der Waals surface area contributed by atoms with E-state index < -0.39 is 5.60 Å². The third-order valence-corrected chi connectivity index (χ3v) is 7.14. The molecule has 188 valence electrons. The molecule has 2 N–H and O–H groups in total. The molecule has 1 fully saturated rings. The molecule has 0 radical (unpaired) electrons. The smallest absolute Gasteiger partial charge is 0.187 e. The molecule has 1 aliphatic heterocycles. The highest BCUT2D eigenvalue weighted by Gasteiger charge is 2.33. The number of hydrogen-bond acceptors (Lipinski definition) is 5. The molecule has 6 nitrogen and oxygen atoms in total. The minimum absolute atomic E-state index is 0.00697. The number of hydrogen-bond donors (Lipinski definition) is 2. The molecule has 1 saturated heterocycles. The van der Waals surface area contributed by atoms with E-state index in [-0.39, 0.29) is 12.1 Å². The van der Waals surface area contributed by atoms with Crippen LogP contribution >= 0.6 is 0 Å². The van der Waals surface area contributed by atoms with E-state index >= 15 is 0 Å². The summed E-state index contributed by atoms with van der Waals surface area (Å²) in [5.41, 5.74) is 5.80. The van der Waals surface area contributed by atoms with E-state index in [0.717, 1.165) is 57.7 Å². The number of para-hydroxylation sites is 1. The number of aliphatic hydroxyl groups is 1. The van der Waals surface area contributed by atoms with E-state index in [1.165, 1.54) is 0 Å². The highest BCUT2D eigenvalue weighted by molar-refractivity contribution is 6.00. The van der Waals surface area contributed by atoms with Gasteiger partial charge in [0, 0.05) is 47.5 Å². The van der Waals surface area contributed by atoms with Crippen LogP contribution in [0.2, 0.25) is 0 Å². The summed E-state index contributed by atoms with van der Waals surface area (Å²) in [6, 6.07) is 22.4. The average molecular weight is 493 g/mol. The maximum Gasteiger partial charge on any atom is 0.187 e. The van der Waals surface area contributed by atoms with E-state index in [0.29, 0.717) is 5.69 Å². The number of nitrogens with zero attached hydrogens (tertiary/aromatic N) is 3. The summed E-state index contributed by atoms with van der Waals surface area (Å²) in [4.78, 5) is 10.7. The lowest BCUT2D eigenvalue weighted by molar-refractivity contribution is 0.0310. The third-order valence-electron chi connectivity index (χ3n) is 7.14. The summed E-state index contributed by atoms with van der Waals surface area (Å²) in [5, 5.41) is 15.0. The van der Waals surface area contributed by atoms with Crippen LogP contribution in [0.4, 0.5) is 11.4 Å². The second-order valence-corrected chi connectivity index (χ2v) is 10.3. The van der Waals surface area contributed by atoms with Gasteiger partial charge in [-0.3, -0.25) is 4.98 Å². The molecule has 5 rings (SSSR count). The molecule has 4 aromatic rings. The number of rotatable bonds is 5. The molecule has 1 aliphatic rings. The topological polar surface area (TPSA) is 62.0 Å². The molecule has 0 bridgehead atoms. The van der Waals surface area contributed by atoms with Crippen molar-refractivity contribution >= 4 is 22.3 Å². The Balaban J connectivity index is 1.49. The first kappa shape index (κ1) is 24.8. The van der Waals surface area contributed by atoms with Crippen LogP contribution in [-0.4, -0.2) is 48.0 Å². The molecule has 37 heavy (non-hydrogen) atoms. The van der Waals surface area contributed by atoms with E-state index in [1.807, 2.05) is 62.5 Å². The van der Waals surface area contributed by atoms with Crippen LogP contribution in [0.25, 0.3) is 38.0 Å². The Kier molecular flexibility index (Phi) is 6.59. The molecule has 2 heterocycles. The fourth-order valence-corrected chi connectivity index (χ4v) is 5.14. The fraction of sp³-hybridized carbons (Fsp3) is 0.290. The number of piperazine rings is 1. The zero-order chi connectivity index (χ0) is 26.2. The number of fused-ring (bicyclic) bond motifs is 1. The van der Waals surface area contributed by atoms with E-state index in [4.69, 9.17) is 16.3 Å². The zero-order valence-corrected chi connectivity index (χ0v) is 21.7. The lowest BCUT2D eigenvalue weighted by Gasteiger charge is -2.43. The molecule has 3 aromatic carbocycles. The van der Waals surface area contributed by atoms with Gasteiger partial charge in [-0.15, -0.1) is 0 Å². The number of aromatic nitrogens is 1. The van der Waals surface area contributed by atoms with Crippen molar-refractivity contribution in [3.05, 3.63) is 84.3 Å². The van der Waals surface area contributed by atoms with Gasteiger partial charge < -0.3 is 20.1 Å². The van der Waals surface area contributed by atoms with Crippen molar-refractivity contribution < 1.29 is 9.84 Å². The van der Waals surface area contributed by atoms with Crippen molar-refractivity contribution in [2.75, 3.05) is 25.1 Å². The number of pyridine rings is 1. The average Bonchev–Trinajstić information content (AvgIpc) is 2.91. The number of ether oxygens (including phenoxy) is 1. The molecule has 0 spiro atoms. The van der Waals surface area contributed by atoms with Crippen molar-refractivity contribution in [2.45, 2.75) is 38.5 Å². The normalized spacial score (nSPS) is 18.0. The summed E-state index contributed by atoms with van der Waals surface area (Å²) < 4.78 is 5.93. The van der Waals surface area contributed by atoms with Crippen LogP contribution in [0.3, 0.4) is 0 Å². The van der Waals surface area contributed by atoms with Gasteiger partial charge in [0.15, 0.2) is 5.69 Å². The Hall–Kier alpha value is -3.92. The van der Waals surface area contributed by atoms with Gasteiger partial charge in [0.1, 0.15) is 5.75 Å². The summed E-state index contributed by atoms with van der Waals surface area (Å²) in [7, 11) is 1.70. The quantitative estimate of drug-likeness (QED) is 0.331. The van der Waals surface area contributed by atoms with Gasteiger partial charge >= 0.3 is 0 Å². The Morgan fingerprint density at radius 1 is 1.00 bits per heavy atom. The molecule has 6 heteroatoms. The van der Waals surface area contributed by atoms with E-state index in [2.05, 4.69) is 46.3 Å². The summed E-state index contributed by atoms with van der Waals surface area (Å²) in [6.45, 7) is 14.7. The van der Waals surface area contributed by atoms with Crippen LogP contribution in [0.1, 0.15) is 20.8 Å². The second kappa shape index (κ2) is 9.85. The predicted molar refractivity (Wildman–Crippen MR) is 150 cm³/mol. The first-order valence-electron chi connectivity index (χ1n) is 12.6. The molecule has 0 saturated carbocycles. The third kappa shape index (κ3) is 4.89. The minimum Gasteiger partial charge on any atom is -0.495 e. The van der Waals surface area contributed by atoms with Crippen molar-refractivity contribution in [3.63, 3.8) is 0 Å². The highest BCUT2D eigenvalue weighted by Crippen LogP contribution is 2.39. The van der Waals surface area contributed by atoms with Gasteiger partial charge in [-0.25, -0.2) is 4.85 Å². The fourth-order valence-electron chi connectivity index (χ4n) is 5.14. The number of methoxy groups -OCH3 is 1. The van der Waals surface area contributed by atoms with Crippen LogP contribution in [0, 0.1) is 6.57 Å². The van der Waals surface area contributed by atoms with Crippen LogP contribution in [0.15, 0.2) is 72.9 Å². The van der Waals surface area contributed by atoms with E-state index in [9.17, 15) is 5.11 Å². The minimum atomic E-state index is -0.797. The lowest BCUT2D eigenvalue weighted by atomic mass is 9.94. The van der Waals surface area contributed by atoms with E-state index in [1.54, 1.807) is 7.11 Å². The summed E-state index contributed by atoms with van der Waals surface area (Å²) >= 11 is 0. The van der Waals surface area contributed by atoms with Gasteiger partial charge in [0.05, 0.1) is 30.8 Å². The SMILES string of the molecule is [C-]#[N+]c1ccc(-c2cccc3c(OC)c(-c4ccc(N5CC(C)NC(C(C)(C)O)C5)cc4)cnc23)cc1. The maximum atomic E-state index is 10.6.